The Balaban J connectivity index is 1.59. The molecule has 1 aliphatic heterocycles. The first-order chi connectivity index (χ1) is 11.5. The lowest BCUT2D eigenvalue weighted by molar-refractivity contribution is 0.0916. The molecule has 0 bridgehead atoms. The van der Waals surface area contributed by atoms with E-state index < -0.39 is 6.10 Å². The van der Waals surface area contributed by atoms with Crippen molar-refractivity contribution in [2.24, 2.45) is 0 Å². The predicted molar refractivity (Wildman–Crippen MR) is 90.6 cm³/mol. The van der Waals surface area contributed by atoms with Gasteiger partial charge < -0.3 is 24.8 Å². The molecule has 0 radical (unpaired) electrons. The molecule has 6 heteroatoms. The molecule has 1 aliphatic rings. The Labute approximate surface area is 140 Å². The molecule has 3 rings (SSSR count). The van der Waals surface area contributed by atoms with Crippen LogP contribution >= 0.6 is 0 Å². The fourth-order valence-corrected chi connectivity index (χ4v) is 2.44. The zero-order valence-electron chi connectivity index (χ0n) is 13.7. The largest absolute Gasteiger partial charge is 0.454 e. The highest BCUT2D eigenvalue weighted by Crippen LogP contribution is 2.32. The third-order valence-corrected chi connectivity index (χ3v) is 3.88. The number of rotatable bonds is 5. The second kappa shape index (κ2) is 6.80. The summed E-state index contributed by atoms with van der Waals surface area (Å²) >= 11 is 0. The highest BCUT2D eigenvalue weighted by atomic mass is 16.7. The first-order valence-corrected chi connectivity index (χ1v) is 7.68. The predicted octanol–water partition coefficient (Wildman–Crippen LogP) is 1.94. The fourth-order valence-electron chi connectivity index (χ4n) is 2.44. The van der Waals surface area contributed by atoms with Crippen LogP contribution in [0.25, 0.3) is 0 Å². The number of carbonyl (C=O) groups is 1. The van der Waals surface area contributed by atoms with Gasteiger partial charge in [0.05, 0.1) is 6.10 Å². The molecule has 0 saturated carbocycles. The molecule has 126 valence electrons. The van der Waals surface area contributed by atoms with Crippen LogP contribution in [0.4, 0.5) is 5.69 Å². The van der Waals surface area contributed by atoms with Gasteiger partial charge in [0.25, 0.3) is 5.91 Å². The summed E-state index contributed by atoms with van der Waals surface area (Å²) < 4.78 is 10.5. The summed E-state index contributed by atoms with van der Waals surface area (Å²) in [5.41, 5.74) is 2.27. The van der Waals surface area contributed by atoms with Crippen molar-refractivity contribution in [3.63, 3.8) is 0 Å². The first kappa shape index (κ1) is 16.1. The van der Waals surface area contributed by atoms with Crippen LogP contribution in [0, 0.1) is 0 Å². The van der Waals surface area contributed by atoms with Crippen molar-refractivity contribution in [3.05, 3.63) is 53.6 Å². The van der Waals surface area contributed by atoms with Gasteiger partial charge in [-0.05, 0) is 35.9 Å². The maximum Gasteiger partial charge on any atom is 0.251 e. The van der Waals surface area contributed by atoms with Gasteiger partial charge in [-0.2, -0.15) is 0 Å². The van der Waals surface area contributed by atoms with Crippen molar-refractivity contribution in [1.82, 2.24) is 5.32 Å². The zero-order valence-corrected chi connectivity index (χ0v) is 13.7. The molecule has 0 aliphatic carbocycles. The number of benzene rings is 2. The number of anilines is 1. The summed E-state index contributed by atoms with van der Waals surface area (Å²) in [6, 6.07) is 12.6. The lowest BCUT2D eigenvalue weighted by Crippen LogP contribution is -2.28. The molecule has 0 fully saturated rings. The minimum atomic E-state index is -0.765. The van der Waals surface area contributed by atoms with E-state index >= 15 is 0 Å². The van der Waals surface area contributed by atoms with Crippen LogP contribution in [0.2, 0.25) is 0 Å². The van der Waals surface area contributed by atoms with Crippen molar-refractivity contribution < 1.29 is 19.4 Å². The number of hydrogen-bond donors (Lipinski definition) is 2. The normalized spacial score (nSPS) is 13.5. The Bertz CT molecular complexity index is 728. The molecule has 1 heterocycles. The zero-order chi connectivity index (χ0) is 17.1. The molecule has 0 saturated heterocycles. The van der Waals surface area contributed by atoms with Crippen molar-refractivity contribution in [2.75, 3.05) is 32.3 Å². The third kappa shape index (κ3) is 3.44. The van der Waals surface area contributed by atoms with E-state index in [1.54, 1.807) is 18.2 Å². The number of ether oxygens (including phenoxy) is 2. The van der Waals surface area contributed by atoms with Gasteiger partial charge in [0.1, 0.15) is 0 Å². The van der Waals surface area contributed by atoms with E-state index in [0.717, 1.165) is 11.3 Å². The van der Waals surface area contributed by atoms with Crippen LogP contribution in [0.3, 0.4) is 0 Å². The summed E-state index contributed by atoms with van der Waals surface area (Å²) in [5, 5.41) is 13.0. The van der Waals surface area contributed by atoms with Crippen LogP contribution in [0.1, 0.15) is 22.0 Å². The maximum absolute atomic E-state index is 12.2. The van der Waals surface area contributed by atoms with Gasteiger partial charge in [-0.1, -0.05) is 12.1 Å². The van der Waals surface area contributed by atoms with Crippen molar-refractivity contribution >= 4 is 11.6 Å². The van der Waals surface area contributed by atoms with Gasteiger partial charge in [-0.15, -0.1) is 0 Å². The first-order valence-electron chi connectivity index (χ1n) is 7.68. The monoisotopic (exact) mass is 328 g/mol. The third-order valence-electron chi connectivity index (χ3n) is 3.88. The lowest BCUT2D eigenvalue weighted by atomic mass is 10.1. The number of aliphatic hydroxyl groups excluding tert-OH is 1. The molecule has 6 nitrogen and oxygen atoms in total. The summed E-state index contributed by atoms with van der Waals surface area (Å²) in [6.45, 7) is 0.302. The molecule has 24 heavy (non-hydrogen) atoms. The molecule has 0 spiro atoms. The number of aliphatic hydroxyl groups is 1. The average Bonchev–Trinajstić information content (AvgIpc) is 3.07. The molecular formula is C18H20N2O4. The van der Waals surface area contributed by atoms with Gasteiger partial charge in [0, 0.05) is 31.9 Å². The Morgan fingerprint density at radius 2 is 1.88 bits per heavy atom. The minimum Gasteiger partial charge on any atom is -0.454 e. The van der Waals surface area contributed by atoms with E-state index in [9.17, 15) is 9.90 Å². The lowest BCUT2D eigenvalue weighted by Gasteiger charge is -2.16. The van der Waals surface area contributed by atoms with Crippen LogP contribution < -0.4 is 19.7 Å². The number of nitrogens with zero attached hydrogens (tertiary/aromatic N) is 1. The van der Waals surface area contributed by atoms with E-state index in [4.69, 9.17) is 9.47 Å². The van der Waals surface area contributed by atoms with Crippen LogP contribution in [0.5, 0.6) is 11.5 Å². The Hall–Kier alpha value is -2.73. The number of hydrogen-bond acceptors (Lipinski definition) is 5. The van der Waals surface area contributed by atoms with Crippen LogP contribution in [-0.4, -0.2) is 38.4 Å². The molecule has 1 atom stereocenters. The molecule has 0 aromatic heterocycles. The van der Waals surface area contributed by atoms with Crippen LogP contribution in [-0.2, 0) is 0 Å². The van der Waals surface area contributed by atoms with E-state index in [1.807, 2.05) is 43.3 Å². The fraction of sp³-hybridized carbons (Fsp3) is 0.278. The van der Waals surface area contributed by atoms with Gasteiger partial charge in [-0.25, -0.2) is 0 Å². The second-order valence-electron chi connectivity index (χ2n) is 5.78. The van der Waals surface area contributed by atoms with E-state index in [0.29, 0.717) is 17.1 Å². The number of amides is 1. The number of nitrogens with one attached hydrogen (secondary N) is 1. The second-order valence-corrected chi connectivity index (χ2v) is 5.78. The Kier molecular flexibility index (Phi) is 4.57. The Morgan fingerprint density at radius 1 is 1.17 bits per heavy atom. The standard InChI is InChI=1S/C18H20N2O4/c1-20(2)14-6-3-12(4-7-14)15(21)10-19-18(22)13-5-8-16-17(9-13)24-11-23-16/h3-9,15,21H,10-11H2,1-2H3,(H,19,22)/t15-/m1/s1. The number of fused-ring (bicyclic) bond motifs is 1. The topological polar surface area (TPSA) is 71.0 Å². The highest BCUT2D eigenvalue weighted by molar-refractivity contribution is 5.94. The van der Waals surface area contributed by atoms with E-state index in [1.165, 1.54) is 0 Å². The Morgan fingerprint density at radius 3 is 2.58 bits per heavy atom. The van der Waals surface area contributed by atoms with Gasteiger partial charge in [0.2, 0.25) is 6.79 Å². The summed E-state index contributed by atoms with van der Waals surface area (Å²) in [4.78, 5) is 14.2. The molecule has 2 N–H and O–H groups in total. The summed E-state index contributed by atoms with van der Waals surface area (Å²) in [6.07, 6.45) is -0.765. The van der Waals surface area contributed by atoms with Crippen molar-refractivity contribution in [1.29, 1.82) is 0 Å². The molecular weight excluding hydrogens is 308 g/mol. The van der Waals surface area contributed by atoms with E-state index in [-0.39, 0.29) is 19.2 Å². The van der Waals surface area contributed by atoms with Gasteiger partial charge in [-0.3, -0.25) is 4.79 Å². The van der Waals surface area contributed by atoms with Crippen molar-refractivity contribution in [3.8, 4) is 11.5 Å². The average molecular weight is 328 g/mol. The summed E-state index contributed by atoms with van der Waals surface area (Å²) in [7, 11) is 3.91. The van der Waals surface area contributed by atoms with E-state index in [2.05, 4.69) is 5.32 Å². The maximum atomic E-state index is 12.2. The van der Waals surface area contributed by atoms with Gasteiger partial charge in [0.15, 0.2) is 11.5 Å². The molecule has 2 aromatic carbocycles. The van der Waals surface area contributed by atoms with Gasteiger partial charge >= 0.3 is 0 Å². The molecule has 0 unspecified atom stereocenters. The quantitative estimate of drug-likeness (QED) is 0.878. The highest BCUT2D eigenvalue weighted by Gasteiger charge is 2.17. The van der Waals surface area contributed by atoms with Crippen LogP contribution in [0.15, 0.2) is 42.5 Å². The smallest absolute Gasteiger partial charge is 0.251 e. The number of carbonyl (C=O) groups excluding carboxylic acids is 1. The SMILES string of the molecule is CN(C)c1ccc([C@H](O)CNC(=O)c2ccc3c(c2)OCO3)cc1. The minimum absolute atomic E-state index is 0.134. The molecule has 2 aromatic rings. The van der Waals surface area contributed by atoms with Crippen molar-refractivity contribution in [2.45, 2.75) is 6.10 Å². The molecule has 1 amide bonds. The summed E-state index contributed by atoms with van der Waals surface area (Å²) in [5.74, 6) is 0.923.